The second-order valence-electron chi connectivity index (χ2n) is 3.99. The van der Waals surface area contributed by atoms with Crippen molar-refractivity contribution in [2.24, 2.45) is 0 Å². The summed E-state index contributed by atoms with van der Waals surface area (Å²) in [5.74, 6) is 1.60. The molecule has 0 radical (unpaired) electrons. The quantitative estimate of drug-likeness (QED) is 0.821. The van der Waals surface area contributed by atoms with E-state index in [4.69, 9.17) is 15.2 Å². The zero-order valence-corrected chi connectivity index (χ0v) is 10.4. The summed E-state index contributed by atoms with van der Waals surface area (Å²) in [6.07, 6.45) is 0.825. The standard InChI is InChI=1S/C15H17NO2/c1-17-13-6-4-5-12(11-13)9-10-18-15-8-3-2-7-14(15)16/h2-8,11H,9-10,16H2,1H3. The van der Waals surface area contributed by atoms with Crippen LogP contribution in [0.3, 0.4) is 0 Å². The Hall–Kier alpha value is -2.16. The molecule has 0 unspecified atom stereocenters. The fourth-order valence-electron chi connectivity index (χ4n) is 1.72. The van der Waals surface area contributed by atoms with E-state index in [1.807, 2.05) is 42.5 Å². The van der Waals surface area contributed by atoms with Crippen molar-refractivity contribution in [3.63, 3.8) is 0 Å². The van der Waals surface area contributed by atoms with Crippen LogP contribution in [0.2, 0.25) is 0 Å². The Kier molecular flexibility index (Phi) is 4.07. The lowest BCUT2D eigenvalue weighted by molar-refractivity contribution is 0.323. The molecule has 18 heavy (non-hydrogen) atoms. The van der Waals surface area contributed by atoms with E-state index in [1.54, 1.807) is 7.11 Å². The number of nitrogens with two attached hydrogens (primary N) is 1. The second-order valence-corrected chi connectivity index (χ2v) is 3.99. The lowest BCUT2D eigenvalue weighted by atomic mass is 10.1. The molecule has 0 fully saturated rings. The van der Waals surface area contributed by atoms with E-state index >= 15 is 0 Å². The van der Waals surface area contributed by atoms with Crippen molar-refractivity contribution in [3.05, 3.63) is 54.1 Å². The normalized spacial score (nSPS) is 10.1. The smallest absolute Gasteiger partial charge is 0.142 e. The number of nitrogen functional groups attached to an aromatic ring is 1. The molecule has 3 nitrogen and oxygen atoms in total. The number of methoxy groups -OCH3 is 1. The monoisotopic (exact) mass is 243 g/mol. The Morgan fingerprint density at radius 2 is 1.89 bits per heavy atom. The van der Waals surface area contributed by atoms with Crippen LogP contribution >= 0.6 is 0 Å². The first-order valence-corrected chi connectivity index (χ1v) is 5.90. The number of rotatable bonds is 5. The maximum absolute atomic E-state index is 5.80. The molecule has 0 amide bonds. The Morgan fingerprint density at radius 1 is 1.06 bits per heavy atom. The van der Waals surface area contributed by atoms with Crippen molar-refractivity contribution in [2.75, 3.05) is 19.5 Å². The van der Waals surface area contributed by atoms with Gasteiger partial charge in [-0.3, -0.25) is 0 Å². The van der Waals surface area contributed by atoms with E-state index in [0.29, 0.717) is 12.3 Å². The van der Waals surface area contributed by atoms with E-state index in [9.17, 15) is 0 Å². The SMILES string of the molecule is COc1cccc(CCOc2ccccc2N)c1. The summed E-state index contributed by atoms with van der Waals surface area (Å²) in [4.78, 5) is 0. The van der Waals surface area contributed by atoms with Crippen LogP contribution in [0.5, 0.6) is 11.5 Å². The summed E-state index contributed by atoms with van der Waals surface area (Å²) in [6, 6.07) is 15.5. The van der Waals surface area contributed by atoms with Crippen LogP contribution in [0.15, 0.2) is 48.5 Å². The van der Waals surface area contributed by atoms with Crippen LogP contribution in [0.4, 0.5) is 5.69 Å². The van der Waals surface area contributed by atoms with Gasteiger partial charge in [0.25, 0.3) is 0 Å². The van der Waals surface area contributed by atoms with Gasteiger partial charge >= 0.3 is 0 Å². The number of para-hydroxylation sites is 2. The molecule has 2 aromatic carbocycles. The zero-order chi connectivity index (χ0) is 12.8. The minimum atomic E-state index is 0.599. The van der Waals surface area contributed by atoms with Gasteiger partial charge < -0.3 is 15.2 Å². The minimum Gasteiger partial charge on any atom is -0.497 e. The maximum atomic E-state index is 5.80. The molecule has 0 aliphatic carbocycles. The molecule has 94 valence electrons. The van der Waals surface area contributed by atoms with Gasteiger partial charge in [-0.2, -0.15) is 0 Å². The lowest BCUT2D eigenvalue weighted by Gasteiger charge is -2.09. The topological polar surface area (TPSA) is 44.5 Å². The molecule has 3 heteroatoms. The maximum Gasteiger partial charge on any atom is 0.142 e. The number of anilines is 1. The Morgan fingerprint density at radius 3 is 2.67 bits per heavy atom. The van der Waals surface area contributed by atoms with Gasteiger partial charge in [-0.25, -0.2) is 0 Å². The minimum absolute atomic E-state index is 0.599. The third-order valence-electron chi connectivity index (χ3n) is 2.70. The van der Waals surface area contributed by atoms with Gasteiger partial charge in [0.2, 0.25) is 0 Å². The third-order valence-corrected chi connectivity index (χ3v) is 2.70. The summed E-state index contributed by atoms with van der Waals surface area (Å²) >= 11 is 0. The molecular formula is C15H17NO2. The van der Waals surface area contributed by atoms with Crippen molar-refractivity contribution in [2.45, 2.75) is 6.42 Å². The van der Waals surface area contributed by atoms with Crippen LogP contribution in [0.25, 0.3) is 0 Å². The molecule has 0 spiro atoms. The molecule has 0 atom stereocenters. The predicted molar refractivity (Wildman–Crippen MR) is 73.0 cm³/mol. The van der Waals surface area contributed by atoms with Gasteiger partial charge in [-0.1, -0.05) is 24.3 Å². The predicted octanol–water partition coefficient (Wildman–Crippen LogP) is 2.90. The van der Waals surface area contributed by atoms with Crippen LogP contribution in [-0.4, -0.2) is 13.7 Å². The lowest BCUT2D eigenvalue weighted by Crippen LogP contribution is -2.03. The number of hydrogen-bond donors (Lipinski definition) is 1. The van der Waals surface area contributed by atoms with Crippen LogP contribution < -0.4 is 15.2 Å². The van der Waals surface area contributed by atoms with E-state index < -0.39 is 0 Å². The summed E-state index contributed by atoms with van der Waals surface area (Å²) in [5.41, 5.74) is 7.65. The summed E-state index contributed by atoms with van der Waals surface area (Å²) in [5, 5.41) is 0. The van der Waals surface area contributed by atoms with E-state index in [0.717, 1.165) is 17.9 Å². The molecule has 0 saturated carbocycles. The molecular weight excluding hydrogens is 226 g/mol. The molecule has 2 N–H and O–H groups in total. The van der Waals surface area contributed by atoms with Crippen LogP contribution in [0.1, 0.15) is 5.56 Å². The van der Waals surface area contributed by atoms with E-state index in [2.05, 4.69) is 6.07 Å². The van der Waals surface area contributed by atoms with Crippen molar-refractivity contribution in [1.82, 2.24) is 0 Å². The first-order valence-electron chi connectivity index (χ1n) is 5.90. The van der Waals surface area contributed by atoms with Crippen molar-refractivity contribution in [3.8, 4) is 11.5 Å². The molecule has 0 bridgehead atoms. The first kappa shape index (κ1) is 12.3. The van der Waals surface area contributed by atoms with Crippen LogP contribution in [0, 0.1) is 0 Å². The summed E-state index contributed by atoms with van der Waals surface area (Å²) in [7, 11) is 1.67. The molecule has 0 heterocycles. The van der Waals surface area contributed by atoms with Gasteiger partial charge in [-0.15, -0.1) is 0 Å². The third kappa shape index (κ3) is 3.17. The second kappa shape index (κ2) is 5.96. The van der Waals surface area contributed by atoms with Crippen LogP contribution in [-0.2, 0) is 6.42 Å². The average Bonchev–Trinajstić information content (AvgIpc) is 2.41. The highest BCUT2D eigenvalue weighted by Gasteiger charge is 2.00. The van der Waals surface area contributed by atoms with Gasteiger partial charge in [-0.05, 0) is 29.8 Å². The Balaban J connectivity index is 1.90. The van der Waals surface area contributed by atoms with Gasteiger partial charge in [0.1, 0.15) is 11.5 Å². The molecule has 0 aromatic heterocycles. The number of benzene rings is 2. The largest absolute Gasteiger partial charge is 0.497 e. The van der Waals surface area contributed by atoms with Crippen molar-refractivity contribution < 1.29 is 9.47 Å². The van der Waals surface area contributed by atoms with Gasteiger partial charge in [0, 0.05) is 6.42 Å². The highest BCUT2D eigenvalue weighted by atomic mass is 16.5. The van der Waals surface area contributed by atoms with Crippen molar-refractivity contribution in [1.29, 1.82) is 0 Å². The highest BCUT2D eigenvalue weighted by molar-refractivity contribution is 5.51. The highest BCUT2D eigenvalue weighted by Crippen LogP contribution is 2.20. The number of ether oxygens (including phenoxy) is 2. The van der Waals surface area contributed by atoms with Gasteiger partial charge in [0.15, 0.2) is 0 Å². The van der Waals surface area contributed by atoms with E-state index in [1.165, 1.54) is 5.56 Å². The summed E-state index contributed by atoms with van der Waals surface area (Å²) in [6.45, 7) is 0.599. The number of hydrogen-bond acceptors (Lipinski definition) is 3. The fourth-order valence-corrected chi connectivity index (χ4v) is 1.72. The van der Waals surface area contributed by atoms with Crippen molar-refractivity contribution >= 4 is 5.69 Å². The van der Waals surface area contributed by atoms with Gasteiger partial charge in [0.05, 0.1) is 19.4 Å². The first-order chi connectivity index (χ1) is 8.79. The molecule has 0 aliphatic heterocycles. The summed E-state index contributed by atoms with van der Waals surface area (Å²) < 4.78 is 10.8. The zero-order valence-electron chi connectivity index (χ0n) is 10.4. The molecule has 2 rings (SSSR count). The van der Waals surface area contributed by atoms with E-state index in [-0.39, 0.29) is 0 Å². The Bertz CT molecular complexity index is 511. The Labute approximate surface area is 107 Å². The molecule has 0 saturated heterocycles. The fraction of sp³-hybridized carbons (Fsp3) is 0.200. The molecule has 2 aromatic rings. The average molecular weight is 243 g/mol. The molecule has 0 aliphatic rings.